The van der Waals surface area contributed by atoms with E-state index in [0.29, 0.717) is 11.8 Å². The van der Waals surface area contributed by atoms with Gasteiger partial charge in [0.05, 0.1) is 0 Å². The summed E-state index contributed by atoms with van der Waals surface area (Å²) in [5, 5.41) is 2.12. The van der Waals surface area contributed by atoms with Gasteiger partial charge in [0.15, 0.2) is 9.84 Å². The molecule has 0 spiro atoms. The number of nitrogens with one attached hydrogen (secondary N) is 1. The molecule has 0 heterocycles. The Morgan fingerprint density at radius 2 is 1.53 bits per heavy atom. The molecule has 5 heteroatoms. The summed E-state index contributed by atoms with van der Waals surface area (Å²) in [6, 6.07) is 0.226. The van der Waals surface area contributed by atoms with Crippen molar-refractivity contribution in [2.75, 3.05) is 6.26 Å². The van der Waals surface area contributed by atoms with E-state index in [2.05, 4.69) is 5.32 Å². The van der Waals surface area contributed by atoms with Gasteiger partial charge in [-0.05, 0) is 62.7 Å². The molecule has 4 rings (SSSR count). The first-order valence-corrected chi connectivity index (χ1v) is 9.29. The molecule has 4 saturated carbocycles. The lowest BCUT2D eigenvalue weighted by Crippen LogP contribution is -2.57. The van der Waals surface area contributed by atoms with E-state index >= 15 is 0 Å². The van der Waals surface area contributed by atoms with E-state index in [1.807, 2.05) is 0 Å². The predicted octanol–water partition coefficient (Wildman–Crippen LogP) is 1.36. The summed E-state index contributed by atoms with van der Waals surface area (Å²) in [6.45, 7) is 1.49. The average molecular weight is 285 g/mol. The number of rotatable bonds is 3. The van der Waals surface area contributed by atoms with Crippen molar-refractivity contribution in [3.8, 4) is 0 Å². The van der Waals surface area contributed by atoms with Crippen LogP contribution in [0.5, 0.6) is 0 Å². The van der Waals surface area contributed by atoms with Gasteiger partial charge in [0.1, 0.15) is 5.25 Å². The lowest BCUT2D eigenvalue weighted by atomic mass is 9.54. The van der Waals surface area contributed by atoms with E-state index in [1.165, 1.54) is 39.0 Å². The summed E-state index contributed by atoms with van der Waals surface area (Å²) in [7, 11) is -3.29. The zero-order chi connectivity index (χ0) is 13.8. The van der Waals surface area contributed by atoms with Crippen LogP contribution in [0.4, 0.5) is 0 Å². The van der Waals surface area contributed by atoms with Crippen molar-refractivity contribution < 1.29 is 13.2 Å². The molecule has 1 N–H and O–H groups in total. The van der Waals surface area contributed by atoms with Gasteiger partial charge < -0.3 is 5.32 Å². The Labute approximate surface area is 115 Å². The first-order valence-electron chi connectivity index (χ1n) is 7.34. The minimum atomic E-state index is -3.29. The van der Waals surface area contributed by atoms with Gasteiger partial charge in [-0.3, -0.25) is 4.79 Å². The molecule has 4 fully saturated rings. The molecule has 0 saturated heterocycles. The highest BCUT2D eigenvalue weighted by Crippen LogP contribution is 2.53. The third kappa shape index (κ3) is 2.41. The Hall–Kier alpha value is -0.580. The van der Waals surface area contributed by atoms with Crippen LogP contribution in [0, 0.1) is 23.7 Å². The van der Waals surface area contributed by atoms with E-state index in [4.69, 9.17) is 0 Å². The summed E-state index contributed by atoms with van der Waals surface area (Å²) in [5.41, 5.74) is 0. The van der Waals surface area contributed by atoms with Crippen LogP contribution < -0.4 is 5.32 Å². The Balaban J connectivity index is 1.69. The van der Waals surface area contributed by atoms with Crippen molar-refractivity contribution in [3.05, 3.63) is 0 Å². The molecule has 0 aromatic carbocycles. The van der Waals surface area contributed by atoms with Gasteiger partial charge in [0.2, 0.25) is 5.91 Å². The Morgan fingerprint density at radius 3 is 1.95 bits per heavy atom. The van der Waals surface area contributed by atoms with Gasteiger partial charge >= 0.3 is 0 Å². The van der Waals surface area contributed by atoms with Crippen molar-refractivity contribution in [2.24, 2.45) is 23.7 Å². The van der Waals surface area contributed by atoms with E-state index < -0.39 is 15.1 Å². The van der Waals surface area contributed by atoms with E-state index in [-0.39, 0.29) is 11.9 Å². The lowest BCUT2D eigenvalue weighted by Gasteiger charge is -2.54. The van der Waals surface area contributed by atoms with Gasteiger partial charge in [-0.15, -0.1) is 0 Å². The summed E-state index contributed by atoms with van der Waals surface area (Å²) < 4.78 is 22.9. The molecule has 0 radical (unpaired) electrons. The number of carbonyl (C=O) groups excluding carboxylic acids is 1. The van der Waals surface area contributed by atoms with Crippen LogP contribution in [0.3, 0.4) is 0 Å². The summed E-state index contributed by atoms with van der Waals surface area (Å²) in [6.07, 6.45) is 7.42. The first kappa shape index (κ1) is 13.4. The SMILES string of the molecule is C[C@H](C(=O)NC1C2CC3CC(C2)CC1C3)S(C)(=O)=O. The van der Waals surface area contributed by atoms with Crippen LogP contribution in [0.2, 0.25) is 0 Å². The molecule has 4 aliphatic carbocycles. The molecule has 4 bridgehead atoms. The normalized spacial score (nSPS) is 42.1. The minimum absolute atomic E-state index is 0.226. The fourth-order valence-electron chi connectivity index (χ4n) is 4.64. The fourth-order valence-corrected chi connectivity index (χ4v) is 5.09. The van der Waals surface area contributed by atoms with E-state index in [1.54, 1.807) is 0 Å². The molecular weight excluding hydrogens is 262 g/mol. The number of amides is 1. The van der Waals surface area contributed by atoms with Crippen LogP contribution in [0.25, 0.3) is 0 Å². The molecule has 0 aromatic rings. The standard InChI is InChI=1S/C14H23NO3S/c1-8(19(2,17)18)14(16)15-13-11-4-9-3-10(6-11)7-12(13)5-9/h8-13H,3-7H2,1-2H3,(H,15,16)/t8-,9?,10?,11?,12?,13?/m1/s1. The highest BCUT2D eigenvalue weighted by molar-refractivity contribution is 7.92. The predicted molar refractivity (Wildman–Crippen MR) is 73.3 cm³/mol. The highest BCUT2D eigenvalue weighted by Gasteiger charge is 2.49. The van der Waals surface area contributed by atoms with Crippen molar-refractivity contribution >= 4 is 15.7 Å². The number of hydrogen-bond acceptors (Lipinski definition) is 3. The number of sulfone groups is 1. The van der Waals surface area contributed by atoms with Crippen LogP contribution in [-0.2, 0) is 14.6 Å². The highest BCUT2D eigenvalue weighted by atomic mass is 32.2. The topological polar surface area (TPSA) is 63.2 Å². The lowest BCUT2D eigenvalue weighted by molar-refractivity contribution is -0.124. The maximum Gasteiger partial charge on any atom is 0.238 e. The van der Waals surface area contributed by atoms with E-state index in [0.717, 1.165) is 18.1 Å². The number of carbonyl (C=O) groups is 1. The van der Waals surface area contributed by atoms with Crippen LogP contribution >= 0.6 is 0 Å². The second-order valence-electron chi connectivity index (χ2n) is 6.94. The zero-order valence-corrected chi connectivity index (χ0v) is 12.4. The van der Waals surface area contributed by atoms with Crippen molar-refractivity contribution in [1.29, 1.82) is 0 Å². The summed E-state index contributed by atoms with van der Waals surface area (Å²) in [4.78, 5) is 12.1. The summed E-state index contributed by atoms with van der Waals surface area (Å²) >= 11 is 0. The third-order valence-electron chi connectivity index (χ3n) is 5.55. The maximum atomic E-state index is 12.1. The molecule has 108 valence electrons. The molecule has 0 aliphatic heterocycles. The molecule has 1 atom stereocenters. The first-order chi connectivity index (χ1) is 8.84. The molecule has 0 aromatic heterocycles. The number of hydrogen-bond donors (Lipinski definition) is 1. The molecule has 4 aliphatic rings. The second kappa shape index (κ2) is 4.47. The van der Waals surface area contributed by atoms with Gasteiger partial charge in [-0.1, -0.05) is 0 Å². The second-order valence-corrected chi connectivity index (χ2v) is 9.30. The van der Waals surface area contributed by atoms with Gasteiger partial charge in [0.25, 0.3) is 0 Å². The van der Waals surface area contributed by atoms with Crippen molar-refractivity contribution in [1.82, 2.24) is 5.32 Å². The molecule has 19 heavy (non-hydrogen) atoms. The average Bonchev–Trinajstić information content (AvgIpc) is 2.30. The Morgan fingerprint density at radius 1 is 1.05 bits per heavy atom. The smallest absolute Gasteiger partial charge is 0.238 e. The summed E-state index contributed by atoms with van der Waals surface area (Å²) in [5.74, 6) is 2.60. The monoisotopic (exact) mass is 285 g/mol. The third-order valence-corrected chi connectivity index (χ3v) is 7.05. The van der Waals surface area contributed by atoms with Crippen LogP contribution in [0.1, 0.15) is 39.0 Å². The zero-order valence-electron chi connectivity index (χ0n) is 11.6. The quantitative estimate of drug-likeness (QED) is 0.851. The molecule has 1 amide bonds. The van der Waals surface area contributed by atoms with Gasteiger partial charge in [-0.2, -0.15) is 0 Å². The molecule has 4 nitrogen and oxygen atoms in total. The fraction of sp³-hybridized carbons (Fsp3) is 0.929. The molecule has 0 unspecified atom stereocenters. The van der Waals surface area contributed by atoms with Crippen molar-refractivity contribution in [2.45, 2.75) is 50.3 Å². The minimum Gasteiger partial charge on any atom is -0.352 e. The van der Waals surface area contributed by atoms with Crippen LogP contribution in [0.15, 0.2) is 0 Å². The largest absolute Gasteiger partial charge is 0.352 e. The van der Waals surface area contributed by atoms with Gasteiger partial charge in [0, 0.05) is 12.3 Å². The van der Waals surface area contributed by atoms with Gasteiger partial charge in [-0.25, -0.2) is 8.42 Å². The van der Waals surface area contributed by atoms with Crippen LogP contribution in [-0.4, -0.2) is 31.9 Å². The molecular formula is C14H23NO3S. The maximum absolute atomic E-state index is 12.1. The van der Waals surface area contributed by atoms with E-state index in [9.17, 15) is 13.2 Å². The van der Waals surface area contributed by atoms with Crippen molar-refractivity contribution in [3.63, 3.8) is 0 Å². The Bertz CT molecular complexity index is 457. The Kier molecular flexibility index (Phi) is 3.15.